The molecule has 2 heterocycles. The Morgan fingerprint density at radius 3 is 2.48 bits per heavy atom. The first-order chi connectivity index (χ1) is 11.2. The van der Waals surface area contributed by atoms with Crippen molar-refractivity contribution < 1.29 is 14.3 Å². The Morgan fingerprint density at radius 2 is 1.83 bits per heavy atom. The summed E-state index contributed by atoms with van der Waals surface area (Å²) in [5.41, 5.74) is 0. The van der Waals surface area contributed by atoms with E-state index >= 15 is 0 Å². The van der Waals surface area contributed by atoms with Crippen LogP contribution in [0.15, 0.2) is 0 Å². The van der Waals surface area contributed by atoms with Crippen LogP contribution in [0, 0.1) is 0 Å². The van der Waals surface area contributed by atoms with E-state index in [2.05, 4.69) is 5.32 Å². The molecular weight excluding hydrogens is 294 g/mol. The minimum Gasteiger partial charge on any atom is -0.379 e. The van der Waals surface area contributed by atoms with Gasteiger partial charge in [-0.15, -0.1) is 0 Å². The molecule has 3 aliphatic rings. The summed E-state index contributed by atoms with van der Waals surface area (Å²) in [5, 5.41) is 3.16. The number of nitrogens with zero attached hydrogens (tertiary/aromatic N) is 2. The van der Waals surface area contributed by atoms with Crippen LogP contribution >= 0.6 is 0 Å². The molecular formula is C17H29N3O3. The molecule has 0 aromatic carbocycles. The second-order valence-electron chi connectivity index (χ2n) is 7.02. The molecule has 1 saturated carbocycles. The van der Waals surface area contributed by atoms with Gasteiger partial charge in [-0.05, 0) is 32.1 Å². The summed E-state index contributed by atoms with van der Waals surface area (Å²) in [7, 11) is 1.73. The molecule has 23 heavy (non-hydrogen) atoms. The van der Waals surface area contributed by atoms with E-state index in [1.807, 2.05) is 9.80 Å². The first kappa shape index (κ1) is 16.6. The summed E-state index contributed by atoms with van der Waals surface area (Å²) < 4.78 is 5.51. The SMILES string of the molecule is CO[C@H]1CCCC[C@@H]1NC(=O)N1CCC(N2CCCC2=O)CC1. The lowest BCUT2D eigenvalue weighted by atomic mass is 9.92. The van der Waals surface area contributed by atoms with Crippen molar-refractivity contribution in [1.82, 2.24) is 15.1 Å². The van der Waals surface area contributed by atoms with Gasteiger partial charge in [0.2, 0.25) is 5.91 Å². The van der Waals surface area contributed by atoms with E-state index in [0.29, 0.717) is 12.5 Å². The molecule has 3 amide bonds. The molecule has 1 aliphatic carbocycles. The highest BCUT2D eigenvalue weighted by atomic mass is 16.5. The number of carbonyl (C=O) groups excluding carboxylic acids is 2. The van der Waals surface area contributed by atoms with Crippen molar-refractivity contribution in [2.45, 2.75) is 69.6 Å². The number of ether oxygens (including phenoxy) is 1. The number of urea groups is 1. The average Bonchev–Trinajstić information content (AvgIpc) is 3.01. The van der Waals surface area contributed by atoms with E-state index < -0.39 is 0 Å². The number of rotatable bonds is 3. The third-order valence-corrected chi connectivity index (χ3v) is 5.62. The number of piperidine rings is 1. The molecule has 0 unspecified atom stereocenters. The van der Waals surface area contributed by atoms with Crippen LogP contribution in [0.25, 0.3) is 0 Å². The van der Waals surface area contributed by atoms with Crippen molar-refractivity contribution in [2.24, 2.45) is 0 Å². The van der Waals surface area contributed by atoms with E-state index in [1.54, 1.807) is 7.11 Å². The number of hydrogen-bond donors (Lipinski definition) is 1. The summed E-state index contributed by atoms with van der Waals surface area (Å²) in [5.74, 6) is 0.290. The van der Waals surface area contributed by atoms with Crippen molar-refractivity contribution in [1.29, 1.82) is 0 Å². The minimum absolute atomic E-state index is 0.0325. The average molecular weight is 323 g/mol. The third-order valence-electron chi connectivity index (χ3n) is 5.62. The van der Waals surface area contributed by atoms with Gasteiger partial charge < -0.3 is 19.9 Å². The van der Waals surface area contributed by atoms with Crippen LogP contribution < -0.4 is 5.32 Å². The molecule has 2 atom stereocenters. The Kier molecular flexibility index (Phi) is 5.41. The number of carbonyl (C=O) groups is 2. The lowest BCUT2D eigenvalue weighted by Crippen LogP contribution is -2.54. The Labute approximate surface area is 138 Å². The van der Waals surface area contributed by atoms with Crippen molar-refractivity contribution in [3.8, 4) is 0 Å². The first-order valence-corrected chi connectivity index (χ1v) is 9.06. The van der Waals surface area contributed by atoms with Gasteiger partial charge in [0.1, 0.15) is 0 Å². The molecule has 6 nitrogen and oxygen atoms in total. The molecule has 3 rings (SSSR count). The van der Waals surface area contributed by atoms with Gasteiger partial charge >= 0.3 is 6.03 Å². The minimum atomic E-state index is 0.0325. The summed E-state index contributed by atoms with van der Waals surface area (Å²) in [6.07, 6.45) is 8.00. The Morgan fingerprint density at radius 1 is 1.09 bits per heavy atom. The second-order valence-corrected chi connectivity index (χ2v) is 7.02. The summed E-state index contributed by atoms with van der Waals surface area (Å²) in [6.45, 7) is 2.38. The van der Waals surface area contributed by atoms with Crippen LogP contribution in [0.4, 0.5) is 4.79 Å². The Balaban J connectivity index is 1.47. The number of hydrogen-bond acceptors (Lipinski definition) is 3. The van der Waals surface area contributed by atoms with E-state index in [1.165, 1.54) is 6.42 Å². The van der Waals surface area contributed by atoms with Crippen molar-refractivity contribution in [3.05, 3.63) is 0 Å². The van der Waals surface area contributed by atoms with Gasteiger partial charge in [0, 0.05) is 39.2 Å². The summed E-state index contributed by atoms with van der Waals surface area (Å²) in [6, 6.07) is 0.500. The monoisotopic (exact) mass is 323 g/mol. The Bertz CT molecular complexity index is 435. The van der Waals surface area contributed by atoms with Gasteiger partial charge in [-0.1, -0.05) is 12.8 Å². The van der Waals surface area contributed by atoms with Gasteiger partial charge in [-0.3, -0.25) is 4.79 Å². The van der Waals surface area contributed by atoms with Gasteiger partial charge in [-0.25, -0.2) is 4.79 Å². The van der Waals surface area contributed by atoms with Crippen LogP contribution in [0.1, 0.15) is 51.4 Å². The van der Waals surface area contributed by atoms with Gasteiger partial charge in [-0.2, -0.15) is 0 Å². The largest absolute Gasteiger partial charge is 0.379 e. The lowest BCUT2D eigenvalue weighted by Gasteiger charge is -2.38. The van der Waals surface area contributed by atoms with E-state index in [4.69, 9.17) is 4.74 Å². The van der Waals surface area contributed by atoms with Crippen LogP contribution in [0.2, 0.25) is 0 Å². The maximum atomic E-state index is 12.5. The highest BCUT2D eigenvalue weighted by Gasteiger charge is 2.33. The van der Waals surface area contributed by atoms with Gasteiger partial charge in [0.05, 0.1) is 12.1 Å². The predicted octanol–water partition coefficient (Wildman–Crippen LogP) is 1.74. The molecule has 0 bridgehead atoms. The van der Waals surface area contributed by atoms with Crippen LogP contribution in [0.5, 0.6) is 0 Å². The zero-order valence-corrected chi connectivity index (χ0v) is 14.1. The topological polar surface area (TPSA) is 61.9 Å². The fourth-order valence-corrected chi connectivity index (χ4v) is 4.23. The third kappa shape index (κ3) is 3.79. The van der Waals surface area contributed by atoms with Crippen molar-refractivity contribution >= 4 is 11.9 Å². The zero-order valence-electron chi connectivity index (χ0n) is 14.1. The second kappa shape index (κ2) is 7.51. The number of nitrogens with one attached hydrogen (secondary N) is 1. The molecule has 2 saturated heterocycles. The van der Waals surface area contributed by atoms with E-state index in [0.717, 1.165) is 58.2 Å². The normalized spacial score (nSPS) is 29.9. The molecule has 3 fully saturated rings. The summed E-state index contributed by atoms with van der Waals surface area (Å²) in [4.78, 5) is 28.3. The van der Waals surface area contributed by atoms with Crippen LogP contribution in [0.3, 0.4) is 0 Å². The molecule has 0 aromatic rings. The maximum absolute atomic E-state index is 12.5. The number of likely N-dealkylation sites (tertiary alicyclic amines) is 2. The highest BCUT2D eigenvalue weighted by molar-refractivity contribution is 5.78. The van der Waals surface area contributed by atoms with Crippen molar-refractivity contribution in [3.63, 3.8) is 0 Å². The first-order valence-electron chi connectivity index (χ1n) is 9.06. The standard InChI is InChI=1S/C17H29N3O3/c1-23-15-6-3-2-5-14(15)18-17(22)19-11-8-13(9-12-19)20-10-4-7-16(20)21/h13-15H,2-12H2,1H3,(H,18,22)/t14-,15-/m0/s1. The number of amides is 3. The summed E-state index contributed by atoms with van der Waals surface area (Å²) >= 11 is 0. The van der Waals surface area contributed by atoms with Crippen LogP contribution in [-0.4, -0.2) is 66.7 Å². The Hall–Kier alpha value is -1.30. The van der Waals surface area contributed by atoms with Gasteiger partial charge in [0.15, 0.2) is 0 Å². The lowest BCUT2D eigenvalue weighted by molar-refractivity contribution is -0.130. The predicted molar refractivity (Wildman–Crippen MR) is 87.1 cm³/mol. The smallest absolute Gasteiger partial charge is 0.317 e. The van der Waals surface area contributed by atoms with Gasteiger partial charge in [0.25, 0.3) is 0 Å². The van der Waals surface area contributed by atoms with E-state index in [9.17, 15) is 9.59 Å². The molecule has 1 N–H and O–H groups in total. The molecule has 6 heteroatoms. The number of methoxy groups -OCH3 is 1. The van der Waals surface area contributed by atoms with Crippen LogP contribution in [-0.2, 0) is 9.53 Å². The highest BCUT2D eigenvalue weighted by Crippen LogP contribution is 2.23. The van der Waals surface area contributed by atoms with Crippen molar-refractivity contribution in [2.75, 3.05) is 26.7 Å². The molecule has 0 aromatic heterocycles. The fourth-order valence-electron chi connectivity index (χ4n) is 4.23. The molecule has 0 spiro atoms. The fraction of sp³-hybridized carbons (Fsp3) is 0.882. The zero-order chi connectivity index (χ0) is 16.2. The molecule has 2 aliphatic heterocycles. The molecule has 130 valence electrons. The van der Waals surface area contributed by atoms with E-state index in [-0.39, 0.29) is 24.1 Å². The maximum Gasteiger partial charge on any atom is 0.317 e. The quantitative estimate of drug-likeness (QED) is 0.860. The molecule has 0 radical (unpaired) electrons.